The van der Waals surface area contributed by atoms with Crippen LogP contribution in [0.15, 0.2) is 42.6 Å². The van der Waals surface area contributed by atoms with Crippen molar-refractivity contribution in [1.82, 2.24) is 9.97 Å². The first-order chi connectivity index (χ1) is 9.65. The van der Waals surface area contributed by atoms with Gasteiger partial charge in [0.05, 0.1) is 12.8 Å². The standard InChI is InChI=1S/C8H11N3O3.C6H6/c1-2-3-14-5-4-10-6(7(9)12)8(13)11-5;1-2-4-6-5-3-1/h4H,2-3H2,1H3,(H2,9,12)(H,11,13);1-6H. The lowest BCUT2D eigenvalue weighted by molar-refractivity contribution is 0.0991. The third kappa shape index (κ3) is 5.34. The maximum absolute atomic E-state index is 10.7. The summed E-state index contributed by atoms with van der Waals surface area (Å²) in [6.07, 6.45) is 2.06. The summed E-state index contributed by atoms with van der Waals surface area (Å²) in [6, 6.07) is 12.0. The largest absolute Gasteiger partial charge is 0.492 e. The van der Waals surface area contributed by atoms with Gasteiger partial charge < -0.3 is 15.6 Å². The highest BCUT2D eigenvalue weighted by Gasteiger charge is 2.11. The van der Waals surface area contributed by atoms with E-state index in [0.29, 0.717) is 6.61 Å². The molecule has 3 N–H and O–H groups in total. The Balaban J connectivity index is 0.000000276. The van der Waals surface area contributed by atoms with Crippen LogP contribution in [0.5, 0.6) is 11.8 Å². The fourth-order valence-electron chi connectivity index (χ4n) is 1.20. The number of amides is 1. The van der Waals surface area contributed by atoms with Gasteiger partial charge in [-0.1, -0.05) is 43.3 Å². The van der Waals surface area contributed by atoms with Crippen LogP contribution in [0.2, 0.25) is 0 Å². The van der Waals surface area contributed by atoms with Gasteiger partial charge in [-0.15, -0.1) is 0 Å². The minimum Gasteiger partial charge on any atom is -0.492 e. The summed E-state index contributed by atoms with van der Waals surface area (Å²) < 4.78 is 5.08. The number of hydrogen-bond acceptors (Lipinski definition) is 5. The van der Waals surface area contributed by atoms with Gasteiger partial charge in [0.15, 0.2) is 5.69 Å². The van der Waals surface area contributed by atoms with Gasteiger partial charge in [-0.3, -0.25) is 4.79 Å². The molecule has 0 fully saturated rings. The Bertz CT molecular complexity index is 506. The number of ether oxygens (including phenoxy) is 1. The van der Waals surface area contributed by atoms with E-state index in [4.69, 9.17) is 10.5 Å². The first-order valence-corrected chi connectivity index (χ1v) is 6.13. The fraction of sp³-hybridized carbons (Fsp3) is 0.214. The number of hydrogen-bond donors (Lipinski definition) is 2. The van der Waals surface area contributed by atoms with Crippen LogP contribution in [0.3, 0.4) is 0 Å². The summed E-state index contributed by atoms with van der Waals surface area (Å²) in [5, 5.41) is 9.21. The van der Waals surface area contributed by atoms with Crippen molar-refractivity contribution in [1.29, 1.82) is 0 Å². The minimum atomic E-state index is -0.822. The summed E-state index contributed by atoms with van der Waals surface area (Å²) in [5.41, 5.74) is 4.67. The van der Waals surface area contributed by atoms with Gasteiger partial charge >= 0.3 is 0 Å². The highest BCUT2D eigenvalue weighted by Crippen LogP contribution is 2.14. The smallest absolute Gasteiger partial charge is 0.272 e. The predicted octanol–water partition coefficient (Wildman–Crippen LogP) is 1.76. The maximum Gasteiger partial charge on any atom is 0.272 e. The molecule has 0 aliphatic heterocycles. The van der Waals surface area contributed by atoms with Crippen LogP contribution in [-0.4, -0.2) is 27.6 Å². The molecule has 6 nitrogen and oxygen atoms in total. The van der Waals surface area contributed by atoms with E-state index in [0.717, 1.165) is 6.42 Å². The molecule has 106 valence electrons. The zero-order valence-corrected chi connectivity index (χ0v) is 11.2. The molecule has 2 aromatic rings. The molecule has 20 heavy (non-hydrogen) atoms. The van der Waals surface area contributed by atoms with Crippen LogP contribution in [0, 0.1) is 0 Å². The molecule has 0 radical (unpaired) electrons. The Morgan fingerprint density at radius 3 is 2.20 bits per heavy atom. The molecule has 0 saturated heterocycles. The Labute approximate surface area is 117 Å². The van der Waals surface area contributed by atoms with E-state index < -0.39 is 11.8 Å². The van der Waals surface area contributed by atoms with E-state index >= 15 is 0 Å². The zero-order chi connectivity index (χ0) is 14.8. The number of nitrogens with two attached hydrogens (primary N) is 1. The third-order valence-electron chi connectivity index (χ3n) is 2.09. The maximum atomic E-state index is 10.7. The summed E-state index contributed by atoms with van der Waals surface area (Å²) in [5.74, 6) is -1.16. The SMILES string of the molecule is CCCOc1cnc(C(N)=O)c(O)n1.c1ccccc1. The van der Waals surface area contributed by atoms with E-state index in [1.807, 2.05) is 43.3 Å². The fourth-order valence-corrected chi connectivity index (χ4v) is 1.20. The third-order valence-corrected chi connectivity index (χ3v) is 2.09. The van der Waals surface area contributed by atoms with Gasteiger partial charge in [-0.25, -0.2) is 4.98 Å². The summed E-state index contributed by atoms with van der Waals surface area (Å²) in [6.45, 7) is 2.41. The quantitative estimate of drug-likeness (QED) is 0.885. The van der Waals surface area contributed by atoms with Crippen LogP contribution in [0.1, 0.15) is 23.8 Å². The molecule has 2 rings (SSSR count). The van der Waals surface area contributed by atoms with Crippen molar-refractivity contribution in [3.63, 3.8) is 0 Å². The van der Waals surface area contributed by atoms with E-state index in [1.165, 1.54) is 6.20 Å². The topological polar surface area (TPSA) is 98.3 Å². The predicted molar refractivity (Wildman–Crippen MR) is 74.4 cm³/mol. The number of carbonyl (C=O) groups is 1. The minimum absolute atomic E-state index is 0.175. The molecule has 1 amide bonds. The Hall–Kier alpha value is -2.63. The van der Waals surface area contributed by atoms with Crippen molar-refractivity contribution in [3.05, 3.63) is 48.3 Å². The van der Waals surface area contributed by atoms with Crippen LogP contribution >= 0.6 is 0 Å². The van der Waals surface area contributed by atoms with Crippen molar-refractivity contribution in [2.75, 3.05) is 6.61 Å². The number of benzene rings is 1. The number of rotatable bonds is 4. The first-order valence-electron chi connectivity index (χ1n) is 6.13. The van der Waals surface area contributed by atoms with Gasteiger partial charge in [-0.05, 0) is 6.42 Å². The molecule has 0 bridgehead atoms. The van der Waals surface area contributed by atoms with E-state index in [2.05, 4.69) is 9.97 Å². The number of aromatic nitrogens is 2. The molecule has 0 unspecified atom stereocenters. The monoisotopic (exact) mass is 275 g/mol. The number of aromatic hydroxyl groups is 1. The van der Waals surface area contributed by atoms with Gasteiger partial charge in [0.2, 0.25) is 11.8 Å². The average molecular weight is 275 g/mol. The summed E-state index contributed by atoms with van der Waals surface area (Å²) in [7, 11) is 0. The lowest BCUT2D eigenvalue weighted by atomic mass is 10.4. The van der Waals surface area contributed by atoms with Crippen LogP contribution in [0.4, 0.5) is 0 Å². The normalized spacial score (nSPS) is 9.25. The average Bonchev–Trinajstić information content (AvgIpc) is 2.47. The first kappa shape index (κ1) is 15.4. The molecule has 1 heterocycles. The van der Waals surface area contributed by atoms with Crippen LogP contribution in [0.25, 0.3) is 0 Å². The molecule has 6 heteroatoms. The molecule has 1 aromatic heterocycles. The molecular formula is C14H17N3O3. The van der Waals surface area contributed by atoms with Crippen molar-refractivity contribution >= 4 is 5.91 Å². The van der Waals surface area contributed by atoms with Gasteiger partial charge in [0.1, 0.15) is 0 Å². The van der Waals surface area contributed by atoms with Gasteiger partial charge in [0.25, 0.3) is 5.91 Å². The molecule has 0 aliphatic carbocycles. The van der Waals surface area contributed by atoms with Crippen molar-refractivity contribution in [2.24, 2.45) is 5.73 Å². The second-order valence-corrected chi connectivity index (χ2v) is 3.75. The molecule has 1 aromatic carbocycles. The van der Waals surface area contributed by atoms with Crippen molar-refractivity contribution in [3.8, 4) is 11.8 Å². The summed E-state index contributed by atoms with van der Waals surface area (Å²) in [4.78, 5) is 17.9. The van der Waals surface area contributed by atoms with E-state index in [9.17, 15) is 9.90 Å². The molecule has 0 saturated carbocycles. The molecular weight excluding hydrogens is 258 g/mol. The Kier molecular flexibility index (Phi) is 6.53. The Morgan fingerprint density at radius 2 is 1.80 bits per heavy atom. The van der Waals surface area contributed by atoms with E-state index in [1.54, 1.807) is 0 Å². The highest BCUT2D eigenvalue weighted by atomic mass is 16.5. The Morgan fingerprint density at radius 1 is 1.25 bits per heavy atom. The highest BCUT2D eigenvalue weighted by molar-refractivity contribution is 5.92. The van der Waals surface area contributed by atoms with Gasteiger partial charge in [0, 0.05) is 0 Å². The number of carbonyl (C=O) groups excluding carboxylic acids is 1. The molecule has 0 aliphatic rings. The van der Waals surface area contributed by atoms with E-state index in [-0.39, 0.29) is 11.6 Å². The lowest BCUT2D eigenvalue weighted by Gasteiger charge is -2.03. The van der Waals surface area contributed by atoms with Crippen LogP contribution in [-0.2, 0) is 0 Å². The zero-order valence-electron chi connectivity index (χ0n) is 11.2. The van der Waals surface area contributed by atoms with Gasteiger partial charge in [-0.2, -0.15) is 4.98 Å². The van der Waals surface area contributed by atoms with Crippen molar-refractivity contribution < 1.29 is 14.6 Å². The second kappa shape index (κ2) is 8.47. The number of nitrogens with zero attached hydrogens (tertiary/aromatic N) is 2. The van der Waals surface area contributed by atoms with Crippen molar-refractivity contribution in [2.45, 2.75) is 13.3 Å². The number of primary amides is 1. The lowest BCUT2D eigenvalue weighted by Crippen LogP contribution is -2.14. The van der Waals surface area contributed by atoms with Crippen LogP contribution < -0.4 is 10.5 Å². The summed E-state index contributed by atoms with van der Waals surface area (Å²) >= 11 is 0. The molecule has 0 spiro atoms. The molecule has 0 atom stereocenters. The second-order valence-electron chi connectivity index (χ2n) is 3.75.